The number of anilines is 1. The zero-order valence-corrected chi connectivity index (χ0v) is 19.2. The number of hydrogen-bond donors (Lipinski definition) is 1. The van der Waals surface area contributed by atoms with E-state index >= 15 is 0 Å². The van der Waals surface area contributed by atoms with E-state index in [1.807, 2.05) is 0 Å². The second kappa shape index (κ2) is 9.46. The van der Waals surface area contributed by atoms with Crippen LogP contribution in [0.5, 0.6) is 11.5 Å². The van der Waals surface area contributed by atoms with E-state index in [-0.39, 0.29) is 23.5 Å². The maximum Gasteiger partial charge on any atom is 0.262 e. The molecule has 0 fully saturated rings. The largest absolute Gasteiger partial charge is 0.496 e. The lowest BCUT2D eigenvalue weighted by molar-refractivity contribution is -0.118. The van der Waals surface area contributed by atoms with E-state index in [2.05, 4.69) is 21.2 Å². The molecule has 4 aromatic rings. The SMILES string of the molecule is COc1ccc(-c2oc3ccccc3c(=O)c2OCC(=O)Nc2ccc(Cl)cc2)cc1Br. The van der Waals surface area contributed by atoms with Crippen molar-refractivity contribution in [3.8, 4) is 22.8 Å². The van der Waals surface area contributed by atoms with E-state index in [9.17, 15) is 9.59 Å². The van der Waals surface area contributed by atoms with Crippen LogP contribution in [0.2, 0.25) is 5.02 Å². The van der Waals surface area contributed by atoms with Gasteiger partial charge in [-0.1, -0.05) is 23.7 Å². The molecule has 8 heteroatoms. The van der Waals surface area contributed by atoms with Crippen LogP contribution in [0, 0.1) is 0 Å². The molecule has 0 bridgehead atoms. The van der Waals surface area contributed by atoms with E-state index in [0.29, 0.717) is 37.5 Å². The van der Waals surface area contributed by atoms with E-state index in [0.717, 1.165) is 0 Å². The molecule has 0 aliphatic rings. The summed E-state index contributed by atoms with van der Waals surface area (Å²) in [5.41, 5.74) is 1.20. The summed E-state index contributed by atoms with van der Waals surface area (Å²) in [7, 11) is 1.56. The summed E-state index contributed by atoms with van der Waals surface area (Å²) >= 11 is 9.31. The van der Waals surface area contributed by atoms with Crippen LogP contribution < -0.4 is 20.2 Å². The van der Waals surface area contributed by atoms with E-state index in [4.69, 9.17) is 25.5 Å². The van der Waals surface area contributed by atoms with Gasteiger partial charge >= 0.3 is 0 Å². The number of fused-ring (bicyclic) bond motifs is 1. The molecule has 1 N–H and O–H groups in total. The highest BCUT2D eigenvalue weighted by molar-refractivity contribution is 9.10. The van der Waals surface area contributed by atoms with Gasteiger partial charge in [-0.2, -0.15) is 0 Å². The standard InChI is InChI=1S/C24H17BrClNO5/c1-30-20-11-6-14(12-18(20)25)23-24(22(29)17-4-2-3-5-19(17)32-23)31-13-21(28)27-16-9-7-15(26)8-10-16/h2-12H,13H2,1H3,(H,27,28). The Bertz CT molecular complexity index is 1350. The quantitative estimate of drug-likeness (QED) is 0.346. The van der Waals surface area contributed by atoms with E-state index < -0.39 is 5.91 Å². The topological polar surface area (TPSA) is 77.8 Å². The fraction of sp³-hybridized carbons (Fsp3) is 0.0833. The fourth-order valence-electron chi connectivity index (χ4n) is 3.12. The Morgan fingerprint density at radius 1 is 1.09 bits per heavy atom. The maximum atomic E-state index is 13.2. The molecule has 0 saturated heterocycles. The molecule has 0 aliphatic carbocycles. The predicted octanol–water partition coefficient (Wildman–Crippen LogP) is 5.90. The minimum Gasteiger partial charge on any atom is -0.496 e. The lowest BCUT2D eigenvalue weighted by Crippen LogP contribution is -2.22. The fourth-order valence-corrected chi connectivity index (χ4v) is 3.79. The highest BCUT2D eigenvalue weighted by Gasteiger charge is 2.19. The third-order valence-corrected chi connectivity index (χ3v) is 5.52. The molecule has 3 aromatic carbocycles. The monoisotopic (exact) mass is 513 g/mol. The van der Waals surface area contributed by atoms with Crippen molar-refractivity contribution < 1.29 is 18.7 Å². The lowest BCUT2D eigenvalue weighted by atomic mass is 10.1. The molecule has 0 saturated carbocycles. The number of nitrogens with one attached hydrogen (secondary N) is 1. The summed E-state index contributed by atoms with van der Waals surface area (Å²) in [5, 5.41) is 3.62. The van der Waals surface area contributed by atoms with Crippen LogP contribution >= 0.6 is 27.5 Å². The van der Waals surface area contributed by atoms with Crippen LogP contribution in [-0.2, 0) is 4.79 Å². The smallest absolute Gasteiger partial charge is 0.262 e. The van der Waals surface area contributed by atoms with Crippen LogP contribution in [0.1, 0.15) is 0 Å². The molecule has 0 radical (unpaired) electrons. The molecule has 0 aliphatic heterocycles. The van der Waals surface area contributed by atoms with Crippen molar-refractivity contribution >= 4 is 50.1 Å². The zero-order valence-electron chi connectivity index (χ0n) is 16.9. The molecule has 1 heterocycles. The molecule has 6 nitrogen and oxygen atoms in total. The van der Waals surface area contributed by atoms with Crippen molar-refractivity contribution in [1.29, 1.82) is 0 Å². The normalized spacial score (nSPS) is 10.7. The van der Waals surface area contributed by atoms with Gasteiger partial charge in [0.2, 0.25) is 11.2 Å². The van der Waals surface area contributed by atoms with Crippen molar-refractivity contribution in [2.75, 3.05) is 19.0 Å². The molecule has 0 atom stereocenters. The Morgan fingerprint density at radius 3 is 2.56 bits per heavy atom. The van der Waals surface area contributed by atoms with Crippen LogP contribution in [0.4, 0.5) is 5.69 Å². The van der Waals surface area contributed by atoms with Crippen molar-refractivity contribution in [2.24, 2.45) is 0 Å². The number of amides is 1. The number of hydrogen-bond acceptors (Lipinski definition) is 5. The first kappa shape index (κ1) is 21.9. The van der Waals surface area contributed by atoms with Crippen molar-refractivity contribution in [1.82, 2.24) is 0 Å². The molecule has 4 rings (SSSR count). The second-order valence-corrected chi connectivity index (χ2v) is 8.07. The second-order valence-electron chi connectivity index (χ2n) is 6.78. The Hall–Kier alpha value is -3.29. The van der Waals surface area contributed by atoms with Crippen LogP contribution in [0.25, 0.3) is 22.3 Å². The van der Waals surface area contributed by atoms with Gasteiger partial charge in [-0.05, 0) is 70.5 Å². The van der Waals surface area contributed by atoms with Crippen molar-refractivity contribution in [2.45, 2.75) is 0 Å². The van der Waals surface area contributed by atoms with Gasteiger partial charge in [-0.15, -0.1) is 0 Å². The lowest BCUT2D eigenvalue weighted by Gasteiger charge is -2.13. The van der Waals surface area contributed by atoms with E-state index in [1.165, 1.54) is 0 Å². The highest BCUT2D eigenvalue weighted by atomic mass is 79.9. The van der Waals surface area contributed by atoms with Gasteiger partial charge in [-0.3, -0.25) is 9.59 Å². The Balaban J connectivity index is 1.69. The van der Waals surface area contributed by atoms with Crippen LogP contribution in [0.15, 0.2) is 80.4 Å². The third kappa shape index (κ3) is 4.64. The van der Waals surface area contributed by atoms with Gasteiger partial charge in [0.25, 0.3) is 5.91 Å². The molecular formula is C24H17BrClNO5. The number of carbonyl (C=O) groups excluding carboxylic acids is 1. The van der Waals surface area contributed by atoms with Crippen LogP contribution in [-0.4, -0.2) is 19.6 Å². The summed E-state index contributed by atoms with van der Waals surface area (Å²) in [6.07, 6.45) is 0. The Morgan fingerprint density at radius 2 is 1.84 bits per heavy atom. The van der Waals surface area contributed by atoms with Gasteiger partial charge in [0.1, 0.15) is 11.3 Å². The number of rotatable bonds is 6. The maximum absolute atomic E-state index is 13.2. The summed E-state index contributed by atoms with van der Waals surface area (Å²) in [5.74, 6) is 0.367. The first-order chi connectivity index (χ1) is 15.5. The van der Waals surface area contributed by atoms with Gasteiger partial charge in [0.15, 0.2) is 12.4 Å². The first-order valence-electron chi connectivity index (χ1n) is 9.54. The van der Waals surface area contributed by atoms with Gasteiger partial charge in [-0.25, -0.2) is 0 Å². The number of halogens is 2. The number of para-hydroxylation sites is 1. The molecular weight excluding hydrogens is 498 g/mol. The molecule has 162 valence electrons. The number of benzene rings is 3. The molecule has 0 unspecified atom stereocenters. The number of methoxy groups -OCH3 is 1. The van der Waals surface area contributed by atoms with Crippen molar-refractivity contribution in [3.05, 3.63) is 86.4 Å². The summed E-state index contributed by atoms with van der Waals surface area (Å²) in [4.78, 5) is 25.6. The van der Waals surface area contributed by atoms with E-state index in [1.54, 1.807) is 73.8 Å². The zero-order chi connectivity index (χ0) is 22.7. The Labute approximate surface area is 196 Å². The molecule has 1 amide bonds. The minimum atomic E-state index is -0.429. The predicted molar refractivity (Wildman–Crippen MR) is 128 cm³/mol. The minimum absolute atomic E-state index is 0.0491. The van der Waals surface area contributed by atoms with Gasteiger partial charge in [0.05, 0.1) is 17.0 Å². The third-order valence-electron chi connectivity index (χ3n) is 4.65. The Kier molecular flexibility index (Phi) is 6.48. The summed E-state index contributed by atoms with van der Waals surface area (Å²) in [6.45, 7) is -0.379. The van der Waals surface area contributed by atoms with Gasteiger partial charge in [0, 0.05) is 16.3 Å². The molecule has 1 aromatic heterocycles. The van der Waals surface area contributed by atoms with Gasteiger partial charge < -0.3 is 19.2 Å². The molecule has 0 spiro atoms. The van der Waals surface area contributed by atoms with Crippen molar-refractivity contribution in [3.63, 3.8) is 0 Å². The van der Waals surface area contributed by atoms with Crippen LogP contribution in [0.3, 0.4) is 0 Å². The average molecular weight is 515 g/mol. The number of carbonyl (C=O) groups is 1. The number of ether oxygens (including phenoxy) is 2. The first-order valence-corrected chi connectivity index (χ1v) is 10.7. The summed E-state index contributed by atoms with van der Waals surface area (Å²) < 4.78 is 17.7. The molecule has 32 heavy (non-hydrogen) atoms. The average Bonchev–Trinajstić information content (AvgIpc) is 2.80. The summed E-state index contributed by atoms with van der Waals surface area (Å²) in [6, 6.07) is 18.8. The highest BCUT2D eigenvalue weighted by Crippen LogP contribution is 2.35.